The predicted octanol–water partition coefficient (Wildman–Crippen LogP) is 5.08. The largest absolute Gasteiger partial charge is 0.493 e. The fraction of sp³-hybridized carbons (Fsp3) is 0.700. The molecule has 0 radical (unpaired) electrons. The smallest absolute Gasteiger partial charge is 0.123 e. The van der Waals surface area contributed by atoms with E-state index in [4.69, 9.17) is 4.74 Å². The summed E-state index contributed by atoms with van der Waals surface area (Å²) in [6.45, 7) is 16.7. The molecule has 2 nitrogen and oxygen atoms in total. The van der Waals surface area contributed by atoms with E-state index in [1.165, 1.54) is 24.0 Å². The third-order valence-corrected chi connectivity index (χ3v) is 4.53. The minimum absolute atomic E-state index is 0. The topological polar surface area (TPSA) is 21.3 Å². The van der Waals surface area contributed by atoms with Gasteiger partial charge in [0.25, 0.3) is 0 Å². The molecule has 0 aromatic heterocycles. The second-order valence-electron chi connectivity index (χ2n) is 8.73. The predicted molar refractivity (Wildman–Crippen MR) is 102 cm³/mol. The van der Waals surface area contributed by atoms with E-state index in [0.717, 1.165) is 25.4 Å². The molecule has 1 N–H and O–H groups in total. The van der Waals surface area contributed by atoms with Crippen molar-refractivity contribution in [2.24, 2.45) is 5.92 Å². The van der Waals surface area contributed by atoms with E-state index in [1.807, 2.05) is 0 Å². The van der Waals surface area contributed by atoms with Crippen molar-refractivity contribution in [3.05, 3.63) is 29.3 Å². The molecule has 0 aliphatic carbocycles. The monoisotopic (exact) mass is 339 g/mol. The van der Waals surface area contributed by atoms with Gasteiger partial charge < -0.3 is 10.1 Å². The Morgan fingerprint density at radius 3 is 2.30 bits per heavy atom. The maximum atomic E-state index is 6.23. The maximum Gasteiger partial charge on any atom is 0.123 e. The van der Waals surface area contributed by atoms with Crippen LogP contribution in [0.4, 0.5) is 0 Å². The van der Waals surface area contributed by atoms with Gasteiger partial charge >= 0.3 is 0 Å². The third kappa shape index (κ3) is 5.69. The van der Waals surface area contributed by atoms with Crippen molar-refractivity contribution in [2.45, 2.75) is 65.2 Å². The fourth-order valence-corrected chi connectivity index (χ4v) is 2.98. The lowest BCUT2D eigenvalue weighted by molar-refractivity contribution is 0.215. The van der Waals surface area contributed by atoms with Crippen LogP contribution in [0.25, 0.3) is 0 Å². The minimum Gasteiger partial charge on any atom is -0.493 e. The van der Waals surface area contributed by atoms with Gasteiger partial charge in [-0.15, -0.1) is 12.4 Å². The van der Waals surface area contributed by atoms with Gasteiger partial charge in [0.1, 0.15) is 5.75 Å². The zero-order valence-corrected chi connectivity index (χ0v) is 16.5. The summed E-state index contributed by atoms with van der Waals surface area (Å²) >= 11 is 0. The number of piperidine rings is 1. The van der Waals surface area contributed by atoms with Gasteiger partial charge in [-0.05, 0) is 47.4 Å². The number of hydrogen-bond donors (Lipinski definition) is 1. The minimum atomic E-state index is 0. The average Bonchev–Trinajstić information content (AvgIpc) is 2.44. The van der Waals surface area contributed by atoms with Crippen LogP contribution in [0.5, 0.6) is 5.75 Å². The summed E-state index contributed by atoms with van der Waals surface area (Å²) in [5.74, 6) is 1.70. The molecule has 0 saturated carbocycles. The normalized spacial score (nSPS) is 19.1. The molecule has 1 fully saturated rings. The van der Waals surface area contributed by atoms with Crippen molar-refractivity contribution in [3.8, 4) is 5.75 Å². The SMILES string of the molecule is CC(C)(C)c1ccc(OCC2CCCNC2)c(C(C)(C)C)c1.Cl. The summed E-state index contributed by atoms with van der Waals surface area (Å²) in [5, 5.41) is 3.46. The molecular formula is C20H34ClNO. The first kappa shape index (κ1) is 20.3. The highest BCUT2D eigenvalue weighted by atomic mass is 35.5. The van der Waals surface area contributed by atoms with Crippen LogP contribution in [0.2, 0.25) is 0 Å². The van der Waals surface area contributed by atoms with Crippen LogP contribution < -0.4 is 10.1 Å². The Morgan fingerprint density at radius 1 is 1.09 bits per heavy atom. The van der Waals surface area contributed by atoms with Crippen molar-refractivity contribution in [3.63, 3.8) is 0 Å². The molecule has 0 bridgehead atoms. The molecule has 3 heteroatoms. The van der Waals surface area contributed by atoms with Crippen LogP contribution >= 0.6 is 12.4 Å². The number of rotatable bonds is 3. The van der Waals surface area contributed by atoms with E-state index >= 15 is 0 Å². The number of benzene rings is 1. The van der Waals surface area contributed by atoms with Crippen LogP contribution in [-0.4, -0.2) is 19.7 Å². The second-order valence-corrected chi connectivity index (χ2v) is 8.73. The van der Waals surface area contributed by atoms with Crippen molar-refractivity contribution >= 4 is 12.4 Å². The molecule has 132 valence electrons. The highest BCUT2D eigenvalue weighted by molar-refractivity contribution is 5.85. The molecule has 1 heterocycles. The molecule has 1 aliphatic rings. The Hall–Kier alpha value is -0.730. The molecule has 1 aromatic rings. The Kier molecular flexibility index (Phi) is 6.97. The highest BCUT2D eigenvalue weighted by Gasteiger charge is 2.23. The Balaban J connectivity index is 0.00000264. The summed E-state index contributed by atoms with van der Waals surface area (Å²) in [5.41, 5.74) is 2.97. The first-order valence-electron chi connectivity index (χ1n) is 8.66. The number of hydrogen-bond acceptors (Lipinski definition) is 2. The van der Waals surface area contributed by atoms with Crippen LogP contribution in [0, 0.1) is 5.92 Å². The summed E-state index contributed by atoms with van der Waals surface area (Å²) in [7, 11) is 0. The second kappa shape index (κ2) is 7.90. The summed E-state index contributed by atoms with van der Waals surface area (Å²) < 4.78 is 6.23. The van der Waals surface area contributed by atoms with Crippen LogP contribution in [0.1, 0.15) is 65.5 Å². The molecule has 2 rings (SSSR count). The van der Waals surface area contributed by atoms with Crippen molar-refractivity contribution in [1.29, 1.82) is 0 Å². The molecule has 0 spiro atoms. The van der Waals surface area contributed by atoms with Gasteiger partial charge in [-0.1, -0.05) is 53.7 Å². The highest BCUT2D eigenvalue weighted by Crippen LogP contribution is 2.35. The third-order valence-electron chi connectivity index (χ3n) is 4.53. The van der Waals surface area contributed by atoms with Crippen LogP contribution in [0.15, 0.2) is 18.2 Å². The van der Waals surface area contributed by atoms with E-state index in [2.05, 4.69) is 65.1 Å². The number of halogens is 1. The molecule has 1 saturated heterocycles. The molecule has 1 atom stereocenters. The van der Waals surface area contributed by atoms with Gasteiger partial charge in [0, 0.05) is 12.5 Å². The first-order valence-corrected chi connectivity index (χ1v) is 8.66. The lowest BCUT2D eigenvalue weighted by atomic mass is 9.80. The van der Waals surface area contributed by atoms with Gasteiger partial charge in [0.2, 0.25) is 0 Å². The molecule has 0 amide bonds. The summed E-state index contributed by atoms with van der Waals surface area (Å²) in [4.78, 5) is 0. The number of nitrogens with one attached hydrogen (secondary N) is 1. The zero-order chi connectivity index (χ0) is 16.4. The van der Waals surface area contributed by atoms with E-state index in [0.29, 0.717) is 5.92 Å². The Labute approximate surface area is 148 Å². The van der Waals surface area contributed by atoms with Gasteiger partial charge in [-0.3, -0.25) is 0 Å². The lowest BCUT2D eigenvalue weighted by Crippen LogP contribution is -2.33. The van der Waals surface area contributed by atoms with Crippen LogP contribution in [0.3, 0.4) is 0 Å². The van der Waals surface area contributed by atoms with Crippen molar-refractivity contribution in [1.82, 2.24) is 5.32 Å². The maximum absolute atomic E-state index is 6.23. The molecule has 1 unspecified atom stereocenters. The lowest BCUT2D eigenvalue weighted by Gasteiger charge is -2.29. The number of ether oxygens (including phenoxy) is 1. The van der Waals surface area contributed by atoms with Crippen molar-refractivity contribution in [2.75, 3.05) is 19.7 Å². The zero-order valence-electron chi connectivity index (χ0n) is 15.7. The summed E-state index contributed by atoms with van der Waals surface area (Å²) in [6.07, 6.45) is 2.54. The van der Waals surface area contributed by atoms with Crippen molar-refractivity contribution < 1.29 is 4.74 Å². The quantitative estimate of drug-likeness (QED) is 0.828. The van der Waals surface area contributed by atoms with E-state index in [9.17, 15) is 0 Å². The average molecular weight is 340 g/mol. The molecule has 1 aromatic carbocycles. The molecule has 23 heavy (non-hydrogen) atoms. The van der Waals surface area contributed by atoms with E-state index in [1.54, 1.807) is 0 Å². The van der Waals surface area contributed by atoms with Gasteiger partial charge in [-0.25, -0.2) is 0 Å². The standard InChI is InChI=1S/C20H33NO.ClH/c1-19(2,3)16-9-10-18(17(12-16)20(4,5)6)22-14-15-8-7-11-21-13-15;/h9-10,12,15,21H,7-8,11,13-14H2,1-6H3;1H. The summed E-state index contributed by atoms with van der Waals surface area (Å²) in [6, 6.07) is 6.75. The molecule has 1 aliphatic heterocycles. The van der Waals surface area contributed by atoms with Gasteiger partial charge in [0.15, 0.2) is 0 Å². The Bertz CT molecular complexity index is 493. The Morgan fingerprint density at radius 2 is 1.78 bits per heavy atom. The van der Waals surface area contributed by atoms with Crippen LogP contribution in [-0.2, 0) is 10.8 Å². The van der Waals surface area contributed by atoms with Gasteiger partial charge in [0.05, 0.1) is 6.61 Å². The van der Waals surface area contributed by atoms with Gasteiger partial charge in [-0.2, -0.15) is 0 Å². The van der Waals surface area contributed by atoms with E-state index in [-0.39, 0.29) is 23.2 Å². The van der Waals surface area contributed by atoms with E-state index < -0.39 is 0 Å². The molecular weight excluding hydrogens is 306 g/mol. The first-order chi connectivity index (χ1) is 10.2. The fourth-order valence-electron chi connectivity index (χ4n) is 2.98.